The van der Waals surface area contributed by atoms with Crippen LogP contribution in [0.15, 0.2) is 24.3 Å². The molecular weight excluding hydrogens is 282 g/mol. The predicted molar refractivity (Wildman–Crippen MR) is 73.2 cm³/mol. The van der Waals surface area contributed by atoms with E-state index >= 15 is 0 Å². The molecule has 0 saturated heterocycles. The van der Waals surface area contributed by atoms with Crippen LogP contribution in [0.25, 0.3) is 0 Å². The van der Waals surface area contributed by atoms with Crippen LogP contribution in [0.5, 0.6) is 0 Å². The molecule has 0 spiro atoms. The fourth-order valence-corrected chi connectivity index (χ4v) is 2.95. The van der Waals surface area contributed by atoms with E-state index < -0.39 is 21.0 Å². The van der Waals surface area contributed by atoms with E-state index in [2.05, 4.69) is 4.72 Å². The Kier molecular flexibility index (Phi) is 5.61. The lowest BCUT2D eigenvalue weighted by Gasteiger charge is -2.11. The molecule has 0 heterocycles. The Morgan fingerprint density at radius 2 is 2.00 bits per heavy atom. The van der Waals surface area contributed by atoms with Crippen LogP contribution < -0.4 is 4.72 Å². The van der Waals surface area contributed by atoms with E-state index in [0.717, 1.165) is 0 Å². The molecule has 1 unspecified atom stereocenters. The fraction of sp³-hybridized carbons (Fsp3) is 0.417. The zero-order valence-corrected chi connectivity index (χ0v) is 11.8. The Balaban J connectivity index is 2.76. The summed E-state index contributed by atoms with van der Waals surface area (Å²) in [5.74, 6) is -0.313. The van der Waals surface area contributed by atoms with Crippen molar-refractivity contribution in [3.8, 4) is 6.07 Å². The van der Waals surface area contributed by atoms with Crippen molar-refractivity contribution in [3.05, 3.63) is 39.9 Å². The number of nitro benzene ring substituents is 1. The van der Waals surface area contributed by atoms with E-state index in [1.54, 1.807) is 0 Å². The molecular formula is C12H15N3O4S. The van der Waals surface area contributed by atoms with Gasteiger partial charge in [0.15, 0.2) is 0 Å². The molecule has 0 aliphatic rings. The summed E-state index contributed by atoms with van der Waals surface area (Å²) < 4.78 is 26.0. The van der Waals surface area contributed by atoms with E-state index in [1.165, 1.54) is 24.3 Å². The minimum atomic E-state index is -3.64. The second-order valence-corrected chi connectivity index (χ2v) is 6.02. The van der Waals surface area contributed by atoms with Crippen LogP contribution in [0.3, 0.4) is 0 Å². The van der Waals surface area contributed by atoms with E-state index in [0.29, 0.717) is 18.4 Å². The Hall–Kier alpha value is -1.98. The van der Waals surface area contributed by atoms with Gasteiger partial charge in [-0.3, -0.25) is 10.1 Å². The summed E-state index contributed by atoms with van der Waals surface area (Å²) in [6, 6.07) is 6.41. The number of hydrogen-bond acceptors (Lipinski definition) is 5. The largest absolute Gasteiger partial charge is 0.269 e. The molecule has 0 saturated carbocycles. The van der Waals surface area contributed by atoms with E-state index in [4.69, 9.17) is 5.26 Å². The first-order valence-electron chi connectivity index (χ1n) is 6.01. The summed E-state index contributed by atoms with van der Waals surface area (Å²) in [6.07, 6.45) is 1.13. The molecule has 0 aromatic heterocycles. The van der Waals surface area contributed by atoms with Gasteiger partial charge < -0.3 is 0 Å². The maximum absolute atomic E-state index is 11.9. The van der Waals surface area contributed by atoms with E-state index in [9.17, 15) is 18.5 Å². The third-order valence-corrected chi connectivity index (χ3v) is 3.92. The summed E-state index contributed by atoms with van der Waals surface area (Å²) in [7, 11) is -3.64. The predicted octanol–water partition coefficient (Wildman–Crippen LogP) is 1.71. The third-order valence-electron chi connectivity index (χ3n) is 2.56. The van der Waals surface area contributed by atoms with Crippen LogP contribution in [0, 0.1) is 21.4 Å². The van der Waals surface area contributed by atoms with Gasteiger partial charge in [-0.05, 0) is 12.0 Å². The first-order chi connectivity index (χ1) is 9.38. The molecule has 0 aliphatic carbocycles. The van der Waals surface area contributed by atoms with E-state index in [1.807, 2.05) is 13.0 Å². The van der Waals surface area contributed by atoms with E-state index in [-0.39, 0.29) is 11.4 Å². The summed E-state index contributed by atoms with van der Waals surface area (Å²) in [5.41, 5.74) is 0.330. The van der Waals surface area contributed by atoms with Gasteiger partial charge in [0.2, 0.25) is 10.0 Å². The molecule has 1 N–H and O–H groups in total. The number of nitro groups is 1. The molecule has 0 aliphatic heterocycles. The van der Waals surface area contributed by atoms with Crippen molar-refractivity contribution in [2.45, 2.75) is 31.6 Å². The molecule has 0 bridgehead atoms. The molecule has 8 heteroatoms. The monoisotopic (exact) mass is 297 g/mol. The zero-order valence-electron chi connectivity index (χ0n) is 10.9. The molecule has 1 aromatic rings. The van der Waals surface area contributed by atoms with Crippen molar-refractivity contribution in [2.75, 3.05) is 0 Å². The second-order valence-electron chi connectivity index (χ2n) is 4.27. The molecule has 0 fully saturated rings. The van der Waals surface area contributed by atoms with Crippen LogP contribution in [-0.4, -0.2) is 19.4 Å². The number of non-ortho nitro benzene ring substituents is 1. The third kappa shape index (κ3) is 4.95. The molecule has 0 radical (unpaired) electrons. The average Bonchev–Trinajstić information content (AvgIpc) is 2.38. The summed E-state index contributed by atoms with van der Waals surface area (Å²) in [6.45, 7) is 1.86. The van der Waals surface area contributed by atoms with Crippen LogP contribution in [-0.2, 0) is 15.8 Å². The lowest BCUT2D eigenvalue weighted by Crippen LogP contribution is -2.34. The lowest BCUT2D eigenvalue weighted by atomic mass is 10.2. The maximum atomic E-state index is 11.9. The summed E-state index contributed by atoms with van der Waals surface area (Å²) >= 11 is 0. The number of benzene rings is 1. The van der Waals surface area contributed by atoms with Crippen LogP contribution in [0.1, 0.15) is 25.3 Å². The molecule has 20 heavy (non-hydrogen) atoms. The summed E-state index contributed by atoms with van der Waals surface area (Å²) in [4.78, 5) is 9.94. The number of nitriles is 1. The fourth-order valence-electron chi connectivity index (χ4n) is 1.63. The van der Waals surface area contributed by atoms with Gasteiger partial charge in [-0.15, -0.1) is 0 Å². The van der Waals surface area contributed by atoms with Gasteiger partial charge in [-0.1, -0.05) is 25.5 Å². The first-order valence-corrected chi connectivity index (χ1v) is 7.66. The highest BCUT2D eigenvalue weighted by Gasteiger charge is 2.18. The lowest BCUT2D eigenvalue weighted by molar-refractivity contribution is -0.384. The standard InChI is InChI=1S/C12H15N3O4S/c1-2-3-11(8-13)14-20(18,19)9-10-4-6-12(7-5-10)15(16)17/h4-7,11,14H,2-3,9H2,1H3. The SMILES string of the molecule is CCCC(C#N)NS(=O)(=O)Cc1ccc([N+](=O)[O-])cc1. The maximum Gasteiger partial charge on any atom is 0.269 e. The molecule has 1 aromatic carbocycles. The van der Waals surface area contributed by atoms with Crippen LogP contribution in [0.2, 0.25) is 0 Å². The zero-order chi connectivity index (χ0) is 15.2. The van der Waals surface area contributed by atoms with Gasteiger partial charge >= 0.3 is 0 Å². The van der Waals surface area contributed by atoms with Gasteiger partial charge in [0.05, 0.1) is 16.7 Å². The van der Waals surface area contributed by atoms with Crippen molar-refractivity contribution in [1.82, 2.24) is 4.72 Å². The Morgan fingerprint density at radius 3 is 2.45 bits per heavy atom. The molecule has 1 rings (SSSR count). The number of hydrogen-bond donors (Lipinski definition) is 1. The number of nitrogens with zero attached hydrogens (tertiary/aromatic N) is 2. The van der Waals surface area contributed by atoms with Crippen molar-refractivity contribution in [3.63, 3.8) is 0 Å². The Morgan fingerprint density at radius 1 is 1.40 bits per heavy atom. The highest BCUT2D eigenvalue weighted by atomic mass is 32.2. The number of nitrogens with one attached hydrogen (secondary N) is 1. The summed E-state index contributed by atoms with van der Waals surface area (Å²) in [5, 5.41) is 19.3. The Labute approximate surface area is 117 Å². The van der Waals surface area contributed by atoms with Crippen LogP contribution in [0.4, 0.5) is 5.69 Å². The van der Waals surface area contributed by atoms with Gasteiger partial charge in [0.1, 0.15) is 6.04 Å². The minimum absolute atomic E-state index is 0.0972. The molecule has 1 atom stereocenters. The van der Waals surface area contributed by atoms with Crippen molar-refractivity contribution in [1.29, 1.82) is 5.26 Å². The highest BCUT2D eigenvalue weighted by molar-refractivity contribution is 7.88. The van der Waals surface area contributed by atoms with Crippen molar-refractivity contribution in [2.24, 2.45) is 0 Å². The van der Waals surface area contributed by atoms with Gasteiger partial charge in [0, 0.05) is 12.1 Å². The molecule has 7 nitrogen and oxygen atoms in total. The van der Waals surface area contributed by atoms with Crippen molar-refractivity contribution < 1.29 is 13.3 Å². The Bertz CT molecular complexity index is 605. The van der Waals surface area contributed by atoms with Crippen LogP contribution >= 0.6 is 0 Å². The minimum Gasteiger partial charge on any atom is -0.258 e. The topological polar surface area (TPSA) is 113 Å². The highest BCUT2D eigenvalue weighted by Crippen LogP contribution is 2.14. The first kappa shape index (κ1) is 16.1. The quantitative estimate of drug-likeness (QED) is 0.608. The van der Waals surface area contributed by atoms with Gasteiger partial charge in [-0.25, -0.2) is 8.42 Å². The number of sulfonamides is 1. The number of rotatable bonds is 7. The normalized spacial score (nSPS) is 12.6. The average molecular weight is 297 g/mol. The van der Waals surface area contributed by atoms with Gasteiger partial charge in [-0.2, -0.15) is 9.98 Å². The van der Waals surface area contributed by atoms with Crippen molar-refractivity contribution >= 4 is 15.7 Å². The molecule has 0 amide bonds. The molecule has 108 valence electrons. The van der Waals surface area contributed by atoms with Gasteiger partial charge in [0.25, 0.3) is 5.69 Å². The second kappa shape index (κ2) is 6.98. The smallest absolute Gasteiger partial charge is 0.258 e.